The molecule has 0 atom stereocenters. The summed E-state index contributed by atoms with van der Waals surface area (Å²) in [7, 11) is 3.20. The quantitative estimate of drug-likeness (QED) is 0.493. The van der Waals surface area contributed by atoms with E-state index in [0.717, 1.165) is 27.8 Å². The van der Waals surface area contributed by atoms with Crippen molar-refractivity contribution in [3.63, 3.8) is 0 Å². The summed E-state index contributed by atoms with van der Waals surface area (Å²) in [6.07, 6.45) is 0. The molecular formula is C22H24N4O3. The Balaban J connectivity index is 0.00000240. The molecule has 0 aliphatic heterocycles. The van der Waals surface area contributed by atoms with Crippen molar-refractivity contribution in [1.29, 1.82) is 0 Å². The van der Waals surface area contributed by atoms with E-state index in [4.69, 9.17) is 24.0 Å². The second kappa shape index (κ2) is 8.18. The molecule has 2 heterocycles. The lowest BCUT2D eigenvalue weighted by Gasteiger charge is -2.14. The van der Waals surface area contributed by atoms with Crippen LogP contribution in [0.25, 0.3) is 22.3 Å². The Morgan fingerprint density at radius 3 is 2.24 bits per heavy atom. The Kier molecular flexibility index (Phi) is 5.68. The zero-order valence-electron chi connectivity index (χ0n) is 16.1. The number of nitrogens with zero attached hydrogens (tertiary/aromatic N) is 3. The van der Waals surface area contributed by atoms with Crippen LogP contribution in [0.1, 0.15) is 18.9 Å². The van der Waals surface area contributed by atoms with Crippen LogP contribution in [-0.4, -0.2) is 29.3 Å². The van der Waals surface area contributed by atoms with E-state index in [1.165, 1.54) is 0 Å². The van der Waals surface area contributed by atoms with E-state index in [9.17, 15) is 0 Å². The van der Waals surface area contributed by atoms with Gasteiger partial charge in [0.1, 0.15) is 11.6 Å². The predicted molar refractivity (Wildman–Crippen MR) is 114 cm³/mol. The van der Waals surface area contributed by atoms with Gasteiger partial charge in [-0.15, -0.1) is 0 Å². The van der Waals surface area contributed by atoms with Gasteiger partial charge in [0.2, 0.25) is 0 Å². The number of fused-ring (bicyclic) bond motifs is 1. The lowest BCUT2D eigenvalue weighted by Crippen LogP contribution is -2.01. The minimum atomic E-state index is 0. The van der Waals surface area contributed by atoms with Gasteiger partial charge < -0.3 is 19.3 Å². The lowest BCUT2D eigenvalue weighted by molar-refractivity contribution is 0.356. The number of aromatic nitrogens is 3. The van der Waals surface area contributed by atoms with E-state index < -0.39 is 0 Å². The fourth-order valence-corrected chi connectivity index (χ4v) is 3.12. The number of hydrogen-bond donors (Lipinski definition) is 1. The first-order valence-corrected chi connectivity index (χ1v) is 8.79. The third kappa shape index (κ3) is 3.71. The number of hydrogen-bond acceptors (Lipinski definition) is 7. The largest absolute Gasteiger partial charge is 0.493 e. The highest BCUT2D eigenvalue weighted by molar-refractivity contribution is 5.94. The number of methoxy groups -OCH3 is 2. The number of aryl methyl sites for hydroxylation is 2. The van der Waals surface area contributed by atoms with Gasteiger partial charge in [-0.25, -0.2) is 9.97 Å². The summed E-state index contributed by atoms with van der Waals surface area (Å²) in [4.78, 5) is 9.51. The standard InChI is InChI=1S/C21H20N4O3.CH4/c1-12-19(13(2)28-25-12)21-23-16-11-18(27-4)17(26-3)10-15(16)20(24-21)22-14-8-6-5-7-9-14;/h5-11H,1-4H3,(H,22,23,24);1H4. The maximum absolute atomic E-state index is 5.46. The zero-order valence-corrected chi connectivity index (χ0v) is 16.1. The number of anilines is 2. The van der Waals surface area contributed by atoms with Crippen molar-refractivity contribution in [1.82, 2.24) is 15.1 Å². The van der Waals surface area contributed by atoms with Gasteiger partial charge >= 0.3 is 0 Å². The van der Waals surface area contributed by atoms with Gasteiger partial charge in [0.05, 0.1) is 31.0 Å². The monoisotopic (exact) mass is 392 g/mol. The predicted octanol–water partition coefficient (Wildman–Crippen LogP) is 5.30. The third-order valence-corrected chi connectivity index (χ3v) is 4.49. The molecule has 0 bridgehead atoms. The third-order valence-electron chi connectivity index (χ3n) is 4.49. The molecule has 2 aromatic heterocycles. The Morgan fingerprint density at radius 1 is 0.931 bits per heavy atom. The first-order valence-electron chi connectivity index (χ1n) is 8.79. The molecule has 150 valence electrons. The molecule has 0 saturated carbocycles. The molecule has 0 aliphatic rings. The molecule has 0 saturated heterocycles. The molecular weight excluding hydrogens is 368 g/mol. The van der Waals surface area contributed by atoms with Gasteiger partial charge in [-0.1, -0.05) is 30.8 Å². The van der Waals surface area contributed by atoms with E-state index >= 15 is 0 Å². The van der Waals surface area contributed by atoms with Crippen LogP contribution in [0.3, 0.4) is 0 Å². The SMILES string of the molecule is C.COc1cc2nc(-c3c(C)noc3C)nc(Nc3ccccc3)c2cc1OC. The molecule has 0 radical (unpaired) electrons. The molecule has 7 nitrogen and oxygen atoms in total. The van der Waals surface area contributed by atoms with Crippen molar-refractivity contribution >= 4 is 22.4 Å². The Bertz CT molecular complexity index is 1120. The van der Waals surface area contributed by atoms with Crippen LogP contribution in [0.4, 0.5) is 11.5 Å². The molecule has 0 amide bonds. The minimum absolute atomic E-state index is 0. The van der Waals surface area contributed by atoms with Crippen LogP contribution < -0.4 is 14.8 Å². The molecule has 4 rings (SSSR count). The van der Waals surface area contributed by atoms with Crippen LogP contribution in [0.5, 0.6) is 11.5 Å². The summed E-state index contributed by atoms with van der Waals surface area (Å²) in [6.45, 7) is 3.72. The number of rotatable bonds is 5. The summed E-state index contributed by atoms with van der Waals surface area (Å²) in [5, 5.41) is 8.22. The average molecular weight is 392 g/mol. The molecule has 0 aliphatic carbocycles. The van der Waals surface area contributed by atoms with Gasteiger partial charge in [0.15, 0.2) is 17.3 Å². The van der Waals surface area contributed by atoms with Crippen LogP contribution in [0, 0.1) is 13.8 Å². The molecule has 0 spiro atoms. The van der Waals surface area contributed by atoms with Gasteiger partial charge in [0.25, 0.3) is 0 Å². The first kappa shape index (κ1) is 20.1. The normalized spacial score (nSPS) is 10.5. The summed E-state index contributed by atoms with van der Waals surface area (Å²) in [5.74, 6) is 3.08. The zero-order chi connectivity index (χ0) is 19.7. The summed E-state index contributed by atoms with van der Waals surface area (Å²) in [6, 6.07) is 13.6. The van der Waals surface area contributed by atoms with Crippen LogP contribution in [0.15, 0.2) is 47.0 Å². The molecule has 1 N–H and O–H groups in total. The van der Waals surface area contributed by atoms with E-state index in [0.29, 0.717) is 28.9 Å². The molecule has 4 aromatic rings. The Labute approximate surface area is 169 Å². The summed E-state index contributed by atoms with van der Waals surface area (Å²) >= 11 is 0. The van der Waals surface area contributed by atoms with Crippen LogP contribution in [-0.2, 0) is 0 Å². The summed E-state index contributed by atoms with van der Waals surface area (Å²) < 4.78 is 16.2. The van der Waals surface area contributed by atoms with Crippen molar-refractivity contribution in [2.24, 2.45) is 0 Å². The molecule has 0 unspecified atom stereocenters. The van der Waals surface area contributed by atoms with E-state index in [1.807, 2.05) is 56.3 Å². The van der Waals surface area contributed by atoms with Gasteiger partial charge in [0, 0.05) is 17.1 Å². The second-order valence-corrected chi connectivity index (χ2v) is 6.31. The smallest absolute Gasteiger partial charge is 0.167 e. The fraction of sp³-hybridized carbons (Fsp3) is 0.227. The van der Waals surface area contributed by atoms with Gasteiger partial charge in [-0.2, -0.15) is 0 Å². The highest BCUT2D eigenvalue weighted by Crippen LogP contribution is 2.36. The Hall–Kier alpha value is -3.61. The van der Waals surface area contributed by atoms with Crippen molar-refractivity contribution in [2.75, 3.05) is 19.5 Å². The fourth-order valence-electron chi connectivity index (χ4n) is 3.12. The lowest BCUT2D eigenvalue weighted by atomic mass is 10.1. The first-order chi connectivity index (χ1) is 13.6. The number of nitrogens with one attached hydrogen (secondary N) is 1. The molecule has 29 heavy (non-hydrogen) atoms. The average Bonchev–Trinajstić information content (AvgIpc) is 3.05. The summed E-state index contributed by atoms with van der Waals surface area (Å²) in [5.41, 5.74) is 3.17. The highest BCUT2D eigenvalue weighted by Gasteiger charge is 2.19. The van der Waals surface area contributed by atoms with Crippen molar-refractivity contribution < 1.29 is 14.0 Å². The number of ether oxygens (including phenoxy) is 2. The van der Waals surface area contributed by atoms with Crippen molar-refractivity contribution in [3.05, 3.63) is 53.9 Å². The van der Waals surface area contributed by atoms with Crippen molar-refractivity contribution in [2.45, 2.75) is 21.3 Å². The van der Waals surface area contributed by atoms with Gasteiger partial charge in [-0.05, 0) is 32.0 Å². The highest BCUT2D eigenvalue weighted by atomic mass is 16.5. The second-order valence-electron chi connectivity index (χ2n) is 6.31. The van der Waals surface area contributed by atoms with Gasteiger partial charge in [-0.3, -0.25) is 0 Å². The van der Waals surface area contributed by atoms with Crippen molar-refractivity contribution in [3.8, 4) is 22.9 Å². The molecule has 2 aromatic carbocycles. The Morgan fingerprint density at radius 2 is 1.62 bits per heavy atom. The molecule has 7 heteroatoms. The minimum Gasteiger partial charge on any atom is -0.493 e. The van der Waals surface area contributed by atoms with Crippen LogP contribution in [0.2, 0.25) is 0 Å². The van der Waals surface area contributed by atoms with E-state index in [1.54, 1.807) is 14.2 Å². The van der Waals surface area contributed by atoms with E-state index in [2.05, 4.69) is 10.5 Å². The van der Waals surface area contributed by atoms with Crippen LogP contribution >= 0.6 is 0 Å². The van der Waals surface area contributed by atoms with E-state index in [-0.39, 0.29) is 7.43 Å². The molecule has 0 fully saturated rings. The number of para-hydroxylation sites is 1. The maximum atomic E-state index is 5.46. The maximum Gasteiger partial charge on any atom is 0.167 e. The number of benzene rings is 2. The topological polar surface area (TPSA) is 82.3 Å².